The second kappa shape index (κ2) is 6.70. The molecule has 9 heteroatoms. The largest absolute Gasteiger partial charge is 0.345 e. The summed E-state index contributed by atoms with van der Waals surface area (Å²) in [7, 11) is 0. The lowest BCUT2D eigenvalue weighted by atomic mass is 10.1. The van der Waals surface area contributed by atoms with Crippen molar-refractivity contribution in [1.82, 2.24) is 0 Å². The van der Waals surface area contributed by atoms with Crippen molar-refractivity contribution in [3.63, 3.8) is 0 Å². The van der Waals surface area contributed by atoms with Crippen LogP contribution in [-0.2, 0) is 30.1 Å². The van der Waals surface area contributed by atoms with Gasteiger partial charge >= 0.3 is 6.72 Å². The maximum atomic E-state index is 6.55. The van der Waals surface area contributed by atoms with Crippen LogP contribution in [0.1, 0.15) is 27.7 Å². The van der Waals surface area contributed by atoms with Crippen LogP contribution in [0, 0.1) is 5.92 Å². The van der Waals surface area contributed by atoms with Gasteiger partial charge in [-0.3, -0.25) is 9.52 Å². The second-order valence-electron chi connectivity index (χ2n) is 5.65. The van der Waals surface area contributed by atoms with Gasteiger partial charge in [0.2, 0.25) is 0 Å². The van der Waals surface area contributed by atoms with Crippen LogP contribution in [0.4, 0.5) is 0 Å². The van der Waals surface area contributed by atoms with Gasteiger partial charge in [-0.1, -0.05) is 25.4 Å². The quantitative estimate of drug-likeness (QED) is 0.426. The van der Waals surface area contributed by atoms with Gasteiger partial charge in [0.05, 0.1) is 12.7 Å². The predicted octanol–water partition coefficient (Wildman–Crippen LogP) is 3.68. The van der Waals surface area contributed by atoms with Gasteiger partial charge in [0, 0.05) is 6.21 Å². The molecule has 0 radical (unpaired) electrons. The fourth-order valence-electron chi connectivity index (χ4n) is 2.00. The van der Waals surface area contributed by atoms with Crippen LogP contribution in [-0.4, -0.2) is 41.7 Å². The topological polar surface area (TPSA) is 49.3 Å². The van der Waals surface area contributed by atoms with Crippen LogP contribution in [0.3, 0.4) is 0 Å². The first-order valence-electron chi connectivity index (χ1n) is 6.82. The Kier molecular flexibility index (Phi) is 5.77. The maximum Gasteiger partial charge on any atom is 0.329 e. The molecule has 0 aromatic carbocycles. The van der Waals surface area contributed by atoms with Gasteiger partial charge in [-0.15, -0.1) is 11.6 Å². The van der Waals surface area contributed by atoms with E-state index in [2.05, 4.69) is 4.99 Å². The average molecular weight is 376 g/mol. The molecule has 0 aromatic heterocycles. The molecular formula is C12H20Cl2NO4PS. The van der Waals surface area contributed by atoms with Crippen LogP contribution in [0.2, 0.25) is 0 Å². The number of aliphatic imine (C=N–C) groups is 1. The van der Waals surface area contributed by atoms with Crippen LogP contribution in [0.15, 0.2) is 4.99 Å². The molecule has 2 aliphatic heterocycles. The normalized spacial score (nSPS) is 43.9. The lowest BCUT2D eigenvalue weighted by Gasteiger charge is -2.39. The zero-order valence-electron chi connectivity index (χ0n) is 12.4. The fourth-order valence-corrected chi connectivity index (χ4v) is 5.62. The number of ether oxygens (including phenoxy) is 1. The van der Waals surface area contributed by atoms with E-state index < -0.39 is 29.5 Å². The standard InChI is InChI=1S/C12H20Cl2NO4PS/c1-7(2)5-15-11-10(13)12(14)9(17-11)6-16-20(21,19-12)18-8(3)4/h5,7-11H,6H2,1-4H3. The summed E-state index contributed by atoms with van der Waals surface area (Å²) in [6.07, 6.45) is 0.543. The highest BCUT2D eigenvalue weighted by Crippen LogP contribution is 2.62. The molecule has 5 unspecified atom stereocenters. The van der Waals surface area contributed by atoms with Gasteiger partial charge in [-0.05, 0) is 31.6 Å². The third-order valence-corrected chi connectivity index (χ3v) is 6.66. The first-order chi connectivity index (χ1) is 9.66. The highest BCUT2D eigenvalue weighted by molar-refractivity contribution is 8.07. The SMILES string of the molecule is CC(C)C=NC1OC2COP(=S)(OC(C)C)OC2(Cl)C1Cl. The zero-order valence-corrected chi connectivity index (χ0v) is 15.6. The summed E-state index contributed by atoms with van der Waals surface area (Å²) in [6.45, 7) is 5.00. The Bertz CT molecular complexity index is 465. The minimum atomic E-state index is -2.92. The van der Waals surface area contributed by atoms with Gasteiger partial charge in [-0.2, -0.15) is 0 Å². The number of fused-ring (bicyclic) bond motifs is 1. The van der Waals surface area contributed by atoms with E-state index in [0.29, 0.717) is 5.92 Å². The van der Waals surface area contributed by atoms with Crippen LogP contribution >= 0.6 is 29.9 Å². The molecule has 2 aliphatic rings. The highest BCUT2D eigenvalue weighted by atomic mass is 35.5. The molecule has 5 atom stereocenters. The summed E-state index contributed by atoms with van der Waals surface area (Å²) in [6, 6.07) is 0. The van der Waals surface area contributed by atoms with Crippen LogP contribution < -0.4 is 0 Å². The van der Waals surface area contributed by atoms with Crippen molar-refractivity contribution in [2.24, 2.45) is 10.9 Å². The van der Waals surface area contributed by atoms with Gasteiger partial charge in [0.1, 0.15) is 11.5 Å². The van der Waals surface area contributed by atoms with Gasteiger partial charge in [-0.25, -0.2) is 0 Å². The molecule has 0 aliphatic carbocycles. The van der Waals surface area contributed by atoms with E-state index in [9.17, 15) is 0 Å². The Morgan fingerprint density at radius 3 is 2.67 bits per heavy atom. The molecule has 5 nitrogen and oxygen atoms in total. The summed E-state index contributed by atoms with van der Waals surface area (Å²) in [5, 5.41) is -1.94. The molecule has 122 valence electrons. The molecule has 2 fully saturated rings. The predicted molar refractivity (Wildman–Crippen MR) is 87.8 cm³/mol. The Morgan fingerprint density at radius 2 is 2.10 bits per heavy atom. The zero-order chi connectivity index (χ0) is 15.8. The summed E-state index contributed by atoms with van der Waals surface area (Å²) >= 11 is 18.3. The number of hydrogen-bond donors (Lipinski definition) is 0. The first kappa shape index (κ1) is 18.1. The molecule has 0 amide bonds. The first-order valence-corrected chi connectivity index (χ1v) is 10.2. The molecule has 0 aromatic rings. The highest BCUT2D eigenvalue weighted by Gasteiger charge is 2.62. The minimum Gasteiger partial charge on any atom is -0.345 e. The molecule has 2 rings (SSSR count). The van der Waals surface area contributed by atoms with E-state index in [-0.39, 0.29) is 12.7 Å². The Balaban J connectivity index is 2.15. The number of alkyl halides is 2. The van der Waals surface area contributed by atoms with Crippen LogP contribution in [0.5, 0.6) is 0 Å². The smallest absolute Gasteiger partial charge is 0.329 e. The number of hydrogen-bond acceptors (Lipinski definition) is 6. The van der Waals surface area contributed by atoms with Crippen molar-refractivity contribution in [3.05, 3.63) is 0 Å². The molecule has 0 N–H and O–H groups in total. The fraction of sp³-hybridized carbons (Fsp3) is 0.917. The van der Waals surface area contributed by atoms with Crippen molar-refractivity contribution in [1.29, 1.82) is 0 Å². The van der Waals surface area contributed by atoms with E-state index >= 15 is 0 Å². The molecule has 2 heterocycles. The summed E-state index contributed by atoms with van der Waals surface area (Å²) in [4.78, 5) is 4.32. The van der Waals surface area contributed by atoms with E-state index in [1.54, 1.807) is 6.21 Å². The molecule has 0 saturated carbocycles. The Labute approximate surface area is 140 Å². The van der Waals surface area contributed by atoms with Gasteiger partial charge in [0.15, 0.2) is 11.3 Å². The Hall–Kier alpha value is 0.740. The lowest BCUT2D eigenvalue weighted by Crippen LogP contribution is -2.47. The molecule has 0 bridgehead atoms. The second-order valence-corrected chi connectivity index (χ2v) is 9.59. The van der Waals surface area contributed by atoms with Crippen molar-refractivity contribution in [2.45, 2.75) is 56.6 Å². The number of rotatable bonds is 4. The average Bonchev–Trinajstić information content (AvgIpc) is 2.57. The van der Waals surface area contributed by atoms with Crippen molar-refractivity contribution >= 4 is 47.9 Å². The third kappa shape index (κ3) is 3.99. The van der Waals surface area contributed by atoms with E-state index in [1.165, 1.54) is 0 Å². The summed E-state index contributed by atoms with van der Waals surface area (Å²) in [5.74, 6) is 0.290. The maximum absolute atomic E-state index is 6.55. The van der Waals surface area contributed by atoms with E-state index in [1.807, 2.05) is 27.7 Å². The number of halogens is 2. The summed E-state index contributed by atoms with van der Waals surface area (Å²) < 4.78 is 22.6. The molecule has 0 spiro atoms. The molecule has 21 heavy (non-hydrogen) atoms. The van der Waals surface area contributed by atoms with Crippen molar-refractivity contribution in [3.8, 4) is 0 Å². The van der Waals surface area contributed by atoms with E-state index in [0.717, 1.165) is 0 Å². The minimum absolute atomic E-state index is 0.126. The lowest BCUT2D eigenvalue weighted by molar-refractivity contribution is -0.0623. The molecule has 2 saturated heterocycles. The monoisotopic (exact) mass is 375 g/mol. The summed E-state index contributed by atoms with van der Waals surface area (Å²) in [5.41, 5.74) is 0. The van der Waals surface area contributed by atoms with Crippen LogP contribution in [0.25, 0.3) is 0 Å². The number of nitrogens with zero attached hydrogens (tertiary/aromatic N) is 1. The van der Waals surface area contributed by atoms with E-state index in [4.69, 9.17) is 53.3 Å². The van der Waals surface area contributed by atoms with Gasteiger partial charge in [0.25, 0.3) is 0 Å². The van der Waals surface area contributed by atoms with Crippen molar-refractivity contribution < 1.29 is 18.3 Å². The molecular weight excluding hydrogens is 356 g/mol. The third-order valence-electron chi connectivity index (χ3n) is 2.88. The Morgan fingerprint density at radius 1 is 1.43 bits per heavy atom. The van der Waals surface area contributed by atoms with Gasteiger partial charge < -0.3 is 13.8 Å². The van der Waals surface area contributed by atoms with Crippen molar-refractivity contribution in [2.75, 3.05) is 6.61 Å².